The molecule has 0 unspecified atom stereocenters. The second-order valence-corrected chi connectivity index (χ2v) is 12.2. The van der Waals surface area contributed by atoms with Crippen molar-refractivity contribution in [2.75, 3.05) is 0 Å². The molecule has 0 amide bonds. The van der Waals surface area contributed by atoms with Gasteiger partial charge in [0.1, 0.15) is 0 Å². The first-order valence-electron chi connectivity index (χ1n) is 9.36. The van der Waals surface area contributed by atoms with E-state index in [1.165, 1.54) is 16.3 Å². The molecule has 1 aliphatic heterocycles. The SMILES string of the molecule is C=Cc1cc2c(c(-c3ccccc3)n1)[Si](C(C)C)(C(C)C)O[C@@H]2CC. The van der Waals surface area contributed by atoms with Crippen molar-refractivity contribution in [1.29, 1.82) is 0 Å². The molecule has 1 aromatic carbocycles. The van der Waals surface area contributed by atoms with E-state index in [1.54, 1.807) is 0 Å². The molecule has 2 heterocycles. The molecule has 0 radical (unpaired) electrons. The van der Waals surface area contributed by atoms with E-state index in [4.69, 9.17) is 9.41 Å². The van der Waals surface area contributed by atoms with Crippen LogP contribution >= 0.6 is 0 Å². The van der Waals surface area contributed by atoms with Gasteiger partial charge in [-0.3, -0.25) is 0 Å². The van der Waals surface area contributed by atoms with Crippen molar-refractivity contribution in [2.45, 2.75) is 58.2 Å². The van der Waals surface area contributed by atoms with E-state index in [0.717, 1.165) is 17.8 Å². The molecular formula is C22H29NOSi. The number of pyridine rings is 1. The maximum atomic E-state index is 6.92. The minimum absolute atomic E-state index is 0.177. The van der Waals surface area contributed by atoms with Gasteiger partial charge < -0.3 is 4.43 Å². The molecule has 3 rings (SSSR count). The van der Waals surface area contributed by atoms with Crippen molar-refractivity contribution in [3.8, 4) is 11.3 Å². The van der Waals surface area contributed by atoms with Crippen LogP contribution in [0.4, 0.5) is 0 Å². The van der Waals surface area contributed by atoms with Gasteiger partial charge in [0.15, 0.2) is 0 Å². The largest absolute Gasteiger partial charge is 0.405 e. The lowest BCUT2D eigenvalue weighted by molar-refractivity contribution is 0.198. The summed E-state index contributed by atoms with van der Waals surface area (Å²) in [6, 6.07) is 12.8. The molecule has 3 heteroatoms. The molecule has 1 aliphatic rings. The summed E-state index contributed by atoms with van der Waals surface area (Å²) in [6.07, 6.45) is 3.03. The Hall–Kier alpha value is -1.71. The van der Waals surface area contributed by atoms with Crippen molar-refractivity contribution >= 4 is 19.6 Å². The third-order valence-corrected chi connectivity index (χ3v) is 10.9. The fraction of sp³-hybridized carbons (Fsp3) is 0.409. The lowest BCUT2D eigenvalue weighted by Gasteiger charge is -2.36. The second kappa shape index (κ2) is 6.89. The standard InChI is InChI=1S/C22H29NOSi/c1-7-18-14-19-20(8-2)24-25(15(3)4,16(5)6)22(19)21(23-18)17-12-10-9-11-13-17/h7,9-16,20H,1,8H2,2-6H3/t20-/m1/s1. The summed E-state index contributed by atoms with van der Waals surface area (Å²) in [7, 11) is -2.15. The average molecular weight is 352 g/mol. The molecule has 132 valence electrons. The molecule has 1 aromatic heterocycles. The number of rotatable bonds is 5. The summed E-state index contributed by atoms with van der Waals surface area (Å²) >= 11 is 0. The Morgan fingerprint density at radius 1 is 1.16 bits per heavy atom. The molecule has 25 heavy (non-hydrogen) atoms. The van der Waals surface area contributed by atoms with E-state index < -0.39 is 8.32 Å². The summed E-state index contributed by atoms with van der Waals surface area (Å²) < 4.78 is 6.92. The normalized spacial score (nSPS) is 18.6. The van der Waals surface area contributed by atoms with Crippen LogP contribution < -0.4 is 5.19 Å². The number of hydrogen-bond donors (Lipinski definition) is 0. The number of fused-ring (bicyclic) bond motifs is 1. The minimum atomic E-state index is -2.15. The highest BCUT2D eigenvalue weighted by Gasteiger charge is 2.53. The van der Waals surface area contributed by atoms with Crippen molar-refractivity contribution in [1.82, 2.24) is 4.98 Å². The lowest BCUT2D eigenvalue weighted by atomic mass is 10.0. The van der Waals surface area contributed by atoms with Gasteiger partial charge in [-0.05, 0) is 35.2 Å². The molecule has 0 fully saturated rings. The molecule has 0 spiro atoms. The van der Waals surface area contributed by atoms with Gasteiger partial charge in [0.2, 0.25) is 8.32 Å². The third-order valence-electron chi connectivity index (χ3n) is 5.49. The van der Waals surface area contributed by atoms with Crippen LogP contribution in [0, 0.1) is 0 Å². The highest BCUT2D eigenvalue weighted by molar-refractivity contribution is 6.90. The molecular weight excluding hydrogens is 322 g/mol. The fourth-order valence-electron chi connectivity index (χ4n) is 4.34. The zero-order valence-corrected chi connectivity index (χ0v) is 17.0. The number of benzene rings is 1. The maximum absolute atomic E-state index is 6.92. The average Bonchev–Trinajstić information content (AvgIpc) is 2.97. The van der Waals surface area contributed by atoms with Gasteiger partial charge >= 0.3 is 0 Å². The highest BCUT2D eigenvalue weighted by Crippen LogP contribution is 2.46. The summed E-state index contributed by atoms with van der Waals surface area (Å²) in [5, 5.41) is 1.42. The van der Waals surface area contributed by atoms with Gasteiger partial charge in [0, 0.05) is 10.8 Å². The van der Waals surface area contributed by atoms with Crippen LogP contribution in [0.2, 0.25) is 11.1 Å². The van der Waals surface area contributed by atoms with Gasteiger partial charge in [-0.2, -0.15) is 0 Å². The van der Waals surface area contributed by atoms with Crippen LogP contribution in [0.1, 0.15) is 58.4 Å². The Morgan fingerprint density at radius 3 is 2.32 bits per heavy atom. The van der Waals surface area contributed by atoms with Crippen LogP contribution in [0.5, 0.6) is 0 Å². The summed E-state index contributed by atoms with van der Waals surface area (Å²) in [5.74, 6) is 0. The number of aromatic nitrogens is 1. The van der Waals surface area contributed by atoms with Crippen LogP contribution in [-0.2, 0) is 4.43 Å². The topological polar surface area (TPSA) is 22.1 Å². The monoisotopic (exact) mass is 351 g/mol. The molecule has 0 N–H and O–H groups in total. The molecule has 0 bridgehead atoms. The van der Waals surface area contributed by atoms with Gasteiger partial charge in [-0.15, -0.1) is 0 Å². The Kier molecular flexibility index (Phi) is 4.98. The Morgan fingerprint density at radius 2 is 1.80 bits per heavy atom. The first kappa shape index (κ1) is 18.1. The summed E-state index contributed by atoms with van der Waals surface area (Å²) in [4.78, 5) is 5.00. The maximum Gasteiger partial charge on any atom is 0.232 e. The molecule has 0 saturated carbocycles. The van der Waals surface area contributed by atoms with E-state index >= 15 is 0 Å². The van der Waals surface area contributed by atoms with Crippen LogP contribution in [-0.4, -0.2) is 13.3 Å². The Balaban J connectivity index is 2.38. The molecule has 1 atom stereocenters. The molecule has 0 aliphatic carbocycles. The van der Waals surface area contributed by atoms with Crippen LogP contribution in [0.15, 0.2) is 43.0 Å². The van der Waals surface area contributed by atoms with Crippen LogP contribution in [0.25, 0.3) is 17.3 Å². The van der Waals surface area contributed by atoms with Crippen LogP contribution in [0.3, 0.4) is 0 Å². The van der Waals surface area contributed by atoms with Gasteiger partial charge in [-0.25, -0.2) is 4.98 Å². The van der Waals surface area contributed by atoms with E-state index in [9.17, 15) is 0 Å². The van der Waals surface area contributed by atoms with E-state index in [-0.39, 0.29) is 6.10 Å². The Labute approximate surface area is 153 Å². The van der Waals surface area contributed by atoms with Crippen molar-refractivity contribution in [2.24, 2.45) is 0 Å². The first-order valence-corrected chi connectivity index (χ1v) is 11.4. The van der Waals surface area contributed by atoms with Crippen molar-refractivity contribution in [3.05, 3.63) is 54.2 Å². The van der Waals surface area contributed by atoms with E-state index in [1.807, 2.05) is 6.08 Å². The minimum Gasteiger partial charge on any atom is -0.405 e. The molecule has 2 nitrogen and oxygen atoms in total. The second-order valence-electron chi connectivity index (χ2n) is 7.55. The van der Waals surface area contributed by atoms with Gasteiger partial charge in [0.25, 0.3) is 0 Å². The Bertz CT molecular complexity index is 759. The third kappa shape index (κ3) is 2.79. The number of nitrogens with zero attached hydrogens (tertiary/aromatic N) is 1. The molecule has 0 saturated heterocycles. The van der Waals surface area contributed by atoms with Gasteiger partial charge in [-0.1, -0.05) is 71.5 Å². The zero-order chi connectivity index (χ0) is 18.2. The predicted molar refractivity (Wildman–Crippen MR) is 109 cm³/mol. The zero-order valence-electron chi connectivity index (χ0n) is 16.0. The van der Waals surface area contributed by atoms with E-state index in [2.05, 4.69) is 77.6 Å². The number of hydrogen-bond acceptors (Lipinski definition) is 2. The smallest absolute Gasteiger partial charge is 0.232 e. The lowest BCUT2D eigenvalue weighted by Crippen LogP contribution is -2.53. The molecule has 2 aromatic rings. The van der Waals surface area contributed by atoms with Crippen molar-refractivity contribution < 1.29 is 4.43 Å². The highest BCUT2D eigenvalue weighted by atomic mass is 28.4. The predicted octanol–water partition coefficient (Wildman–Crippen LogP) is 5.85. The quantitative estimate of drug-likeness (QED) is 0.631. The summed E-state index contributed by atoms with van der Waals surface area (Å²) in [5.41, 5.74) is 5.58. The van der Waals surface area contributed by atoms with Gasteiger partial charge in [0.05, 0.1) is 17.5 Å². The summed E-state index contributed by atoms with van der Waals surface area (Å²) in [6.45, 7) is 15.5. The first-order chi connectivity index (χ1) is 12.0. The fourth-order valence-corrected chi connectivity index (χ4v) is 9.51. The van der Waals surface area contributed by atoms with E-state index in [0.29, 0.717) is 11.1 Å². The van der Waals surface area contributed by atoms with Crippen molar-refractivity contribution in [3.63, 3.8) is 0 Å².